The van der Waals surface area contributed by atoms with Crippen molar-refractivity contribution in [2.75, 3.05) is 6.54 Å². The molecule has 0 unspecified atom stereocenters. The van der Waals surface area contributed by atoms with Crippen LogP contribution in [-0.2, 0) is 11.2 Å². The Balaban J connectivity index is 1.90. The molecule has 1 saturated heterocycles. The van der Waals surface area contributed by atoms with Gasteiger partial charge in [0, 0.05) is 6.54 Å². The van der Waals surface area contributed by atoms with Crippen LogP contribution >= 0.6 is 0 Å². The van der Waals surface area contributed by atoms with Crippen LogP contribution < -0.4 is 0 Å². The summed E-state index contributed by atoms with van der Waals surface area (Å²) < 4.78 is 7.44. The van der Waals surface area contributed by atoms with E-state index in [0.29, 0.717) is 17.8 Å². The lowest BCUT2D eigenvalue weighted by molar-refractivity contribution is 0.00536. The van der Waals surface area contributed by atoms with Crippen LogP contribution in [0.3, 0.4) is 0 Å². The van der Waals surface area contributed by atoms with Crippen LogP contribution in [0.5, 0.6) is 0 Å². The van der Waals surface area contributed by atoms with Crippen LogP contribution in [0, 0.1) is 0 Å². The molecular weight excluding hydrogens is 330 g/mol. The molecule has 0 N–H and O–H groups in total. The first-order chi connectivity index (χ1) is 12.3. The molecule has 2 aliphatic heterocycles. The number of nitrogens with zero attached hydrogens (tertiary/aromatic N) is 3. The second kappa shape index (κ2) is 5.69. The van der Waals surface area contributed by atoms with E-state index in [9.17, 15) is 9.59 Å². The molecule has 1 aromatic carbocycles. The van der Waals surface area contributed by atoms with E-state index in [4.69, 9.17) is 4.74 Å². The zero-order chi connectivity index (χ0) is 18.6. The predicted molar refractivity (Wildman–Crippen MR) is 96.5 cm³/mol. The quantitative estimate of drug-likeness (QED) is 0.777. The number of imidazole rings is 1. The number of hydrogen-bond donors (Lipinski definition) is 0. The standard InChI is InChI=1S/C20H23N3O3/c1-5-12-7-6-8-13-15(12)18(24)22-10-9-14(22)17-16(21-11-23(13)17)19(25)26-20(2,3)4/h6-8,11,14H,5,9-10H2,1-4H3/t14-/m0/s1. The Morgan fingerprint density at radius 3 is 2.73 bits per heavy atom. The monoisotopic (exact) mass is 353 g/mol. The van der Waals surface area contributed by atoms with E-state index in [0.717, 1.165) is 29.8 Å². The number of hydrogen-bond acceptors (Lipinski definition) is 4. The van der Waals surface area contributed by atoms with E-state index in [2.05, 4.69) is 4.98 Å². The fourth-order valence-corrected chi connectivity index (χ4v) is 3.74. The lowest BCUT2D eigenvalue weighted by Crippen LogP contribution is -2.45. The minimum absolute atomic E-state index is 0.0348. The fraction of sp³-hybridized carbons (Fsp3) is 0.450. The summed E-state index contributed by atoms with van der Waals surface area (Å²) in [5.74, 6) is -0.409. The number of aryl methyl sites for hydroxylation is 1. The lowest BCUT2D eigenvalue weighted by atomic mass is 9.96. The van der Waals surface area contributed by atoms with Gasteiger partial charge in [0.15, 0.2) is 5.69 Å². The van der Waals surface area contributed by atoms with Crippen LogP contribution in [0.1, 0.15) is 72.3 Å². The van der Waals surface area contributed by atoms with E-state index in [1.165, 1.54) is 0 Å². The van der Waals surface area contributed by atoms with Crippen LogP contribution in [0.15, 0.2) is 24.5 Å². The molecule has 2 aromatic rings. The molecule has 26 heavy (non-hydrogen) atoms. The molecule has 2 aliphatic rings. The van der Waals surface area contributed by atoms with Crippen molar-refractivity contribution in [3.8, 4) is 5.69 Å². The molecule has 0 aliphatic carbocycles. The van der Waals surface area contributed by atoms with Crippen molar-refractivity contribution in [1.29, 1.82) is 0 Å². The van der Waals surface area contributed by atoms with Crippen molar-refractivity contribution in [2.45, 2.75) is 52.2 Å². The number of amides is 1. The summed E-state index contributed by atoms with van der Waals surface area (Å²) >= 11 is 0. The first-order valence-electron chi connectivity index (χ1n) is 9.05. The highest BCUT2D eigenvalue weighted by molar-refractivity contribution is 6.01. The van der Waals surface area contributed by atoms with Gasteiger partial charge in [-0.3, -0.25) is 9.36 Å². The Kier molecular flexibility index (Phi) is 3.68. The smallest absolute Gasteiger partial charge is 0.359 e. The fourth-order valence-electron chi connectivity index (χ4n) is 3.74. The summed E-state index contributed by atoms with van der Waals surface area (Å²) in [5, 5.41) is 0. The first kappa shape index (κ1) is 16.8. The third kappa shape index (κ3) is 2.43. The van der Waals surface area contributed by atoms with Crippen molar-refractivity contribution in [3.05, 3.63) is 47.0 Å². The van der Waals surface area contributed by atoms with E-state index in [1.54, 1.807) is 6.33 Å². The van der Waals surface area contributed by atoms with Crippen molar-refractivity contribution < 1.29 is 14.3 Å². The van der Waals surface area contributed by atoms with Gasteiger partial charge in [-0.2, -0.15) is 0 Å². The predicted octanol–water partition coefficient (Wildman–Crippen LogP) is 3.29. The average molecular weight is 353 g/mol. The van der Waals surface area contributed by atoms with Gasteiger partial charge in [-0.15, -0.1) is 0 Å². The zero-order valence-electron chi connectivity index (χ0n) is 15.6. The van der Waals surface area contributed by atoms with Crippen molar-refractivity contribution >= 4 is 11.9 Å². The van der Waals surface area contributed by atoms with Crippen LogP contribution in [0.4, 0.5) is 0 Å². The van der Waals surface area contributed by atoms with Gasteiger partial charge in [-0.25, -0.2) is 9.78 Å². The van der Waals surface area contributed by atoms with Crippen LogP contribution in [0.25, 0.3) is 5.69 Å². The van der Waals surface area contributed by atoms with Crippen molar-refractivity contribution in [2.24, 2.45) is 0 Å². The molecule has 1 aromatic heterocycles. The minimum Gasteiger partial charge on any atom is -0.455 e. The van der Waals surface area contributed by atoms with Gasteiger partial charge in [0.1, 0.15) is 11.9 Å². The Morgan fingerprint density at radius 1 is 1.35 bits per heavy atom. The van der Waals surface area contributed by atoms with Crippen molar-refractivity contribution in [3.63, 3.8) is 0 Å². The molecule has 1 atom stereocenters. The summed E-state index contributed by atoms with van der Waals surface area (Å²) in [4.78, 5) is 32.0. The van der Waals surface area contributed by atoms with E-state index in [-0.39, 0.29) is 11.9 Å². The molecular formula is C20H23N3O3. The van der Waals surface area contributed by atoms with E-state index >= 15 is 0 Å². The molecule has 6 heteroatoms. The summed E-state index contributed by atoms with van der Waals surface area (Å²) in [6, 6.07) is 5.72. The Morgan fingerprint density at radius 2 is 2.12 bits per heavy atom. The molecule has 1 fully saturated rings. The molecule has 136 valence electrons. The molecule has 0 bridgehead atoms. The van der Waals surface area contributed by atoms with Crippen LogP contribution in [-0.4, -0.2) is 38.5 Å². The summed E-state index contributed by atoms with van der Waals surface area (Å²) in [6.07, 6.45) is 3.24. The maximum Gasteiger partial charge on any atom is 0.359 e. The van der Waals surface area contributed by atoms with E-state index in [1.807, 2.05) is 55.4 Å². The second-order valence-electron chi connectivity index (χ2n) is 7.82. The van der Waals surface area contributed by atoms with Gasteiger partial charge >= 0.3 is 5.97 Å². The minimum atomic E-state index is -0.597. The maximum absolute atomic E-state index is 13.1. The Hall–Kier alpha value is -2.63. The highest BCUT2D eigenvalue weighted by Gasteiger charge is 2.43. The SMILES string of the molecule is CCc1cccc2c1C(=O)N1CC[C@H]1c1c(C(=O)OC(C)(C)C)ncn1-2. The molecule has 1 amide bonds. The second-order valence-corrected chi connectivity index (χ2v) is 7.82. The van der Waals surface area contributed by atoms with Gasteiger partial charge in [-0.05, 0) is 45.2 Å². The Bertz CT molecular complexity index is 908. The number of esters is 1. The third-order valence-corrected chi connectivity index (χ3v) is 4.98. The summed E-state index contributed by atoms with van der Waals surface area (Å²) in [6.45, 7) is 8.24. The average Bonchev–Trinajstić information content (AvgIpc) is 2.93. The zero-order valence-corrected chi connectivity index (χ0v) is 15.6. The number of aromatic nitrogens is 2. The molecule has 0 saturated carbocycles. The molecule has 0 radical (unpaired) electrons. The van der Waals surface area contributed by atoms with Gasteiger partial charge in [-0.1, -0.05) is 19.1 Å². The van der Waals surface area contributed by atoms with Gasteiger partial charge < -0.3 is 9.64 Å². The molecule has 0 spiro atoms. The number of rotatable bonds is 2. The number of fused-ring (bicyclic) bond motifs is 5. The summed E-state index contributed by atoms with van der Waals surface area (Å²) in [5.41, 5.74) is 2.98. The van der Waals surface area contributed by atoms with Gasteiger partial charge in [0.2, 0.25) is 0 Å². The Labute approximate surface area is 152 Å². The summed E-state index contributed by atoms with van der Waals surface area (Å²) in [7, 11) is 0. The number of ether oxygens (including phenoxy) is 1. The largest absolute Gasteiger partial charge is 0.455 e. The molecule has 4 rings (SSSR count). The van der Waals surface area contributed by atoms with Crippen LogP contribution in [0.2, 0.25) is 0 Å². The normalized spacial score (nSPS) is 18.4. The molecule has 3 heterocycles. The van der Waals surface area contributed by atoms with Crippen molar-refractivity contribution in [1.82, 2.24) is 14.5 Å². The maximum atomic E-state index is 13.1. The number of carbonyl (C=O) groups is 2. The lowest BCUT2D eigenvalue weighted by Gasteiger charge is -2.40. The van der Waals surface area contributed by atoms with E-state index < -0.39 is 11.6 Å². The first-order valence-corrected chi connectivity index (χ1v) is 9.05. The highest BCUT2D eigenvalue weighted by atomic mass is 16.6. The third-order valence-electron chi connectivity index (χ3n) is 4.98. The number of carbonyl (C=O) groups excluding carboxylic acids is 2. The molecule has 6 nitrogen and oxygen atoms in total. The highest BCUT2D eigenvalue weighted by Crippen LogP contribution is 2.42. The number of benzene rings is 1. The topological polar surface area (TPSA) is 64.4 Å². The van der Waals surface area contributed by atoms with Gasteiger partial charge in [0.25, 0.3) is 5.91 Å². The van der Waals surface area contributed by atoms with Gasteiger partial charge in [0.05, 0.1) is 23.0 Å².